The van der Waals surface area contributed by atoms with Crippen LogP contribution in [0.3, 0.4) is 0 Å². The summed E-state index contributed by atoms with van der Waals surface area (Å²) in [7, 11) is 1.29. The molecule has 3 rings (SSSR count). The third-order valence-corrected chi connectivity index (χ3v) is 4.95. The molecule has 0 radical (unpaired) electrons. The second-order valence-corrected chi connectivity index (χ2v) is 7.46. The summed E-state index contributed by atoms with van der Waals surface area (Å²) >= 11 is 3.41. The Bertz CT molecular complexity index is 967. The summed E-state index contributed by atoms with van der Waals surface area (Å²) in [4.78, 5) is 27.1. The first-order valence-electron chi connectivity index (χ1n) is 8.51. The van der Waals surface area contributed by atoms with E-state index in [1.54, 1.807) is 13.0 Å². The van der Waals surface area contributed by atoms with Gasteiger partial charge in [-0.15, -0.1) is 0 Å². The Morgan fingerprint density at radius 1 is 1.04 bits per heavy atom. The van der Waals surface area contributed by atoms with Gasteiger partial charge in [0.25, 0.3) is 0 Å². The molecule has 0 unspecified atom stereocenters. The van der Waals surface area contributed by atoms with Crippen LogP contribution < -0.4 is 4.90 Å². The number of aryl methyl sites for hydroxylation is 2. The Balaban J connectivity index is 2.19. The van der Waals surface area contributed by atoms with Gasteiger partial charge < -0.3 is 9.64 Å². The molecule has 2 aromatic carbocycles. The number of Topliss-reactive ketones (excluding diaryl/α,β-unsaturated/α-hetero) is 1. The van der Waals surface area contributed by atoms with Gasteiger partial charge in [0.15, 0.2) is 0 Å². The molecule has 138 valence electrons. The zero-order chi connectivity index (χ0) is 19.7. The van der Waals surface area contributed by atoms with Crippen LogP contribution in [0.4, 0.5) is 5.69 Å². The minimum absolute atomic E-state index is 0.0695. The lowest BCUT2D eigenvalue weighted by molar-refractivity contribution is -0.137. The number of allylic oxidation sites excluding steroid dienone is 2. The van der Waals surface area contributed by atoms with Crippen molar-refractivity contribution in [3.63, 3.8) is 0 Å². The summed E-state index contributed by atoms with van der Waals surface area (Å²) in [6, 6.07) is 13.7. The smallest absolute Gasteiger partial charge is 0.343 e. The Labute approximate surface area is 167 Å². The standard InChI is InChI=1S/C22H20BrNO3/c1-13-9-14(2)11-18(10-13)24-15(3)20(22(26)27-4)21(25)19(24)12-16-5-7-17(23)8-6-16/h5-12H,1-4H3/b19-12+. The number of ether oxygens (including phenoxy) is 1. The molecule has 0 spiro atoms. The van der Waals surface area contributed by atoms with Crippen molar-refractivity contribution in [3.8, 4) is 0 Å². The quantitative estimate of drug-likeness (QED) is 0.396. The van der Waals surface area contributed by atoms with Crippen molar-refractivity contribution in [1.29, 1.82) is 0 Å². The maximum atomic E-state index is 13.1. The van der Waals surface area contributed by atoms with Gasteiger partial charge in [-0.3, -0.25) is 4.79 Å². The lowest BCUT2D eigenvalue weighted by Gasteiger charge is -2.22. The van der Waals surface area contributed by atoms with Crippen molar-refractivity contribution in [2.45, 2.75) is 20.8 Å². The molecule has 1 aliphatic heterocycles. The SMILES string of the molecule is COC(=O)C1=C(C)N(c2cc(C)cc(C)c2)/C(=C/c2ccc(Br)cc2)C1=O. The van der Waals surface area contributed by atoms with E-state index in [0.29, 0.717) is 11.4 Å². The largest absolute Gasteiger partial charge is 0.465 e. The van der Waals surface area contributed by atoms with Gasteiger partial charge in [-0.05, 0) is 67.8 Å². The van der Waals surface area contributed by atoms with Gasteiger partial charge in [-0.1, -0.05) is 34.1 Å². The Morgan fingerprint density at radius 2 is 1.63 bits per heavy atom. The molecule has 0 aliphatic carbocycles. The van der Waals surface area contributed by atoms with Gasteiger partial charge in [0, 0.05) is 15.9 Å². The van der Waals surface area contributed by atoms with Crippen LogP contribution in [0.15, 0.2) is 63.9 Å². The molecule has 0 fully saturated rings. The van der Waals surface area contributed by atoms with E-state index in [2.05, 4.69) is 22.0 Å². The van der Waals surface area contributed by atoms with Crippen molar-refractivity contribution in [1.82, 2.24) is 0 Å². The van der Waals surface area contributed by atoms with Crippen LogP contribution in [0.2, 0.25) is 0 Å². The second kappa shape index (κ2) is 7.53. The van der Waals surface area contributed by atoms with Crippen molar-refractivity contribution in [3.05, 3.63) is 80.6 Å². The molecular weight excluding hydrogens is 406 g/mol. The van der Waals surface area contributed by atoms with E-state index in [-0.39, 0.29) is 11.4 Å². The summed E-state index contributed by atoms with van der Waals surface area (Å²) in [5.41, 5.74) is 4.95. The summed E-state index contributed by atoms with van der Waals surface area (Å²) < 4.78 is 5.80. The number of hydrogen-bond donors (Lipinski definition) is 0. The monoisotopic (exact) mass is 425 g/mol. The van der Waals surface area contributed by atoms with Gasteiger partial charge in [-0.2, -0.15) is 0 Å². The fourth-order valence-electron chi connectivity index (χ4n) is 3.29. The Hall–Kier alpha value is -2.66. The van der Waals surface area contributed by atoms with E-state index in [4.69, 9.17) is 4.74 Å². The van der Waals surface area contributed by atoms with Crippen LogP contribution >= 0.6 is 15.9 Å². The third kappa shape index (κ3) is 3.74. The van der Waals surface area contributed by atoms with E-state index in [1.165, 1.54) is 7.11 Å². The number of carbonyl (C=O) groups is 2. The number of nitrogens with zero attached hydrogens (tertiary/aromatic N) is 1. The van der Waals surface area contributed by atoms with Crippen LogP contribution in [-0.4, -0.2) is 18.9 Å². The number of rotatable bonds is 3. The molecular formula is C22H20BrNO3. The molecule has 0 amide bonds. The van der Waals surface area contributed by atoms with Crippen LogP contribution in [0.1, 0.15) is 23.6 Å². The number of carbonyl (C=O) groups excluding carboxylic acids is 2. The lowest BCUT2D eigenvalue weighted by atomic mass is 10.1. The number of ketones is 1. The first-order valence-corrected chi connectivity index (χ1v) is 9.30. The molecule has 27 heavy (non-hydrogen) atoms. The second-order valence-electron chi connectivity index (χ2n) is 6.54. The number of hydrogen-bond acceptors (Lipinski definition) is 4. The van der Waals surface area contributed by atoms with E-state index < -0.39 is 5.97 Å². The molecule has 0 bridgehead atoms. The highest BCUT2D eigenvalue weighted by atomic mass is 79.9. The highest BCUT2D eigenvalue weighted by molar-refractivity contribution is 9.10. The molecule has 0 atom stereocenters. The maximum absolute atomic E-state index is 13.1. The van der Waals surface area contributed by atoms with Gasteiger partial charge in [0.1, 0.15) is 5.57 Å². The zero-order valence-corrected chi connectivity index (χ0v) is 17.3. The van der Waals surface area contributed by atoms with E-state index >= 15 is 0 Å². The van der Waals surface area contributed by atoms with E-state index in [0.717, 1.165) is 26.9 Å². The fraction of sp³-hybridized carbons (Fsp3) is 0.182. The molecule has 1 aliphatic rings. The molecule has 2 aromatic rings. The van der Waals surface area contributed by atoms with Crippen molar-refractivity contribution in [2.75, 3.05) is 12.0 Å². The molecule has 0 N–H and O–H groups in total. The molecule has 0 saturated heterocycles. The first-order chi connectivity index (χ1) is 12.8. The topological polar surface area (TPSA) is 46.6 Å². The summed E-state index contributed by atoms with van der Waals surface area (Å²) in [6.45, 7) is 5.78. The minimum Gasteiger partial charge on any atom is -0.465 e. The predicted octanol–water partition coefficient (Wildman–Crippen LogP) is 4.94. The first kappa shape index (κ1) is 19.1. The molecule has 0 saturated carbocycles. The number of esters is 1. The van der Waals surface area contributed by atoms with Gasteiger partial charge >= 0.3 is 5.97 Å². The highest BCUT2D eigenvalue weighted by Gasteiger charge is 2.38. The fourth-order valence-corrected chi connectivity index (χ4v) is 3.55. The average molecular weight is 426 g/mol. The Morgan fingerprint density at radius 3 is 2.19 bits per heavy atom. The summed E-state index contributed by atoms with van der Waals surface area (Å²) in [5, 5.41) is 0. The van der Waals surface area contributed by atoms with Crippen molar-refractivity contribution >= 4 is 39.4 Å². The van der Waals surface area contributed by atoms with Crippen molar-refractivity contribution in [2.24, 2.45) is 0 Å². The maximum Gasteiger partial charge on any atom is 0.343 e. The Kier molecular flexibility index (Phi) is 5.33. The van der Waals surface area contributed by atoms with Crippen molar-refractivity contribution < 1.29 is 14.3 Å². The number of halogens is 1. The van der Waals surface area contributed by atoms with E-state index in [9.17, 15) is 9.59 Å². The van der Waals surface area contributed by atoms with Crippen LogP contribution in [0, 0.1) is 13.8 Å². The zero-order valence-electron chi connectivity index (χ0n) is 15.7. The van der Waals surface area contributed by atoms with Crippen LogP contribution in [0.25, 0.3) is 6.08 Å². The molecule has 5 heteroatoms. The molecule has 1 heterocycles. The molecule has 4 nitrogen and oxygen atoms in total. The number of methoxy groups -OCH3 is 1. The number of benzene rings is 2. The summed E-state index contributed by atoms with van der Waals surface area (Å²) in [6.07, 6.45) is 1.80. The summed E-state index contributed by atoms with van der Waals surface area (Å²) in [5.74, 6) is -0.951. The van der Waals surface area contributed by atoms with E-state index in [1.807, 2.05) is 55.1 Å². The predicted molar refractivity (Wildman–Crippen MR) is 110 cm³/mol. The van der Waals surface area contributed by atoms with Crippen LogP contribution in [-0.2, 0) is 14.3 Å². The number of anilines is 1. The average Bonchev–Trinajstić information content (AvgIpc) is 2.85. The highest BCUT2D eigenvalue weighted by Crippen LogP contribution is 2.36. The third-order valence-electron chi connectivity index (χ3n) is 4.43. The normalized spacial score (nSPS) is 15.7. The molecule has 0 aromatic heterocycles. The lowest BCUT2D eigenvalue weighted by Crippen LogP contribution is -2.18. The minimum atomic E-state index is -0.619. The van der Waals surface area contributed by atoms with Gasteiger partial charge in [0.2, 0.25) is 5.78 Å². The van der Waals surface area contributed by atoms with Gasteiger partial charge in [0.05, 0.1) is 12.8 Å². The van der Waals surface area contributed by atoms with Crippen LogP contribution in [0.5, 0.6) is 0 Å². The van der Waals surface area contributed by atoms with Gasteiger partial charge in [-0.25, -0.2) is 4.79 Å².